The lowest BCUT2D eigenvalue weighted by molar-refractivity contribution is 0.0834. The van der Waals surface area contributed by atoms with E-state index in [0.29, 0.717) is 23.0 Å². The van der Waals surface area contributed by atoms with Crippen LogP contribution in [0.25, 0.3) is 56.1 Å². The molecule has 3 fully saturated rings. The number of hydrogen-bond donors (Lipinski definition) is 0. The Morgan fingerprint density at radius 1 is 0.574 bits per heavy atom. The van der Waals surface area contributed by atoms with Crippen LogP contribution in [-0.2, 0) is 5.41 Å². The molecule has 9 rings (SSSR count). The van der Waals surface area contributed by atoms with Gasteiger partial charge in [0, 0.05) is 22.1 Å². The zero-order valence-electron chi connectivity index (χ0n) is 27.0. The Balaban J connectivity index is 1.23. The number of aromatic nitrogens is 3. The van der Waals surface area contributed by atoms with Gasteiger partial charge in [-0.15, -0.1) is 0 Å². The Hall–Kier alpha value is -5.14. The van der Waals surface area contributed by atoms with Crippen LogP contribution in [0.3, 0.4) is 0 Å². The van der Waals surface area contributed by atoms with E-state index in [2.05, 4.69) is 68.4 Å². The first-order valence-corrected chi connectivity index (χ1v) is 16.9. The molecule has 3 aliphatic carbocycles. The van der Waals surface area contributed by atoms with Gasteiger partial charge >= 0.3 is 0 Å². The summed E-state index contributed by atoms with van der Waals surface area (Å²) in [5, 5.41) is 11.6. The smallest absolute Gasteiger partial charge is 0.164 e. The minimum atomic E-state index is 0.213. The highest BCUT2D eigenvalue weighted by atomic mass is 15.0. The van der Waals surface area contributed by atoms with Gasteiger partial charge in [0.25, 0.3) is 0 Å². The van der Waals surface area contributed by atoms with Crippen molar-refractivity contribution >= 4 is 10.8 Å². The van der Waals surface area contributed by atoms with E-state index in [1.807, 2.05) is 66.7 Å². The van der Waals surface area contributed by atoms with Crippen LogP contribution in [0.5, 0.6) is 0 Å². The van der Waals surface area contributed by atoms with Crippen molar-refractivity contribution in [3.8, 4) is 51.4 Å². The Labute approximate surface area is 277 Å². The van der Waals surface area contributed by atoms with Gasteiger partial charge in [0.1, 0.15) is 0 Å². The van der Waals surface area contributed by atoms with Crippen LogP contribution < -0.4 is 0 Å². The third-order valence-electron chi connectivity index (χ3n) is 10.6. The van der Waals surface area contributed by atoms with Crippen LogP contribution in [-0.4, -0.2) is 15.0 Å². The molecular formula is C43H38N4. The average Bonchev–Trinajstić information content (AvgIpc) is 3.09. The van der Waals surface area contributed by atoms with Gasteiger partial charge in [0.15, 0.2) is 17.5 Å². The van der Waals surface area contributed by atoms with Crippen LogP contribution in [0.15, 0.2) is 115 Å². The molecule has 1 heterocycles. The molecular weight excluding hydrogens is 573 g/mol. The Morgan fingerprint density at radius 3 is 1.98 bits per heavy atom. The van der Waals surface area contributed by atoms with E-state index < -0.39 is 0 Å². The molecule has 230 valence electrons. The van der Waals surface area contributed by atoms with E-state index in [1.54, 1.807) is 0 Å². The highest BCUT2D eigenvalue weighted by molar-refractivity contribution is 5.98. The second-order valence-electron chi connectivity index (χ2n) is 14.1. The quantitative estimate of drug-likeness (QED) is 0.195. The minimum Gasteiger partial charge on any atom is -0.208 e. The van der Waals surface area contributed by atoms with E-state index in [4.69, 9.17) is 15.0 Å². The standard InChI is InChI=1S/C43H38N4/c1-28-22-29-23-30(24-29)26-43(2,25-28)34-20-18-31(19-21-34)35-13-6-7-14-38(35)41-45-40(32-10-4-3-5-11-32)46-42(47-41)39-17-9-15-36-33(27-44)12-8-16-37(36)39/h3-21,28-30H,22-26H2,1-2H3/t28-,29?,30?,43?/m0/s1. The molecule has 0 amide bonds. The molecule has 0 N–H and O–H groups in total. The fraction of sp³-hybridized carbons (Fsp3) is 0.256. The SMILES string of the molecule is C[C@H]1CC2CC(C2)CC(C)(c2ccc(-c3ccccc3-c3nc(-c4ccccc4)nc(-c4cccc5c(C#N)cccc45)n3)cc2)C1. The first-order valence-electron chi connectivity index (χ1n) is 16.9. The molecule has 4 nitrogen and oxygen atoms in total. The largest absolute Gasteiger partial charge is 0.208 e. The highest BCUT2D eigenvalue weighted by Crippen LogP contribution is 2.51. The van der Waals surface area contributed by atoms with Gasteiger partial charge < -0.3 is 0 Å². The van der Waals surface area contributed by atoms with Gasteiger partial charge in [0.05, 0.1) is 11.6 Å². The summed E-state index contributed by atoms with van der Waals surface area (Å²) in [6.07, 6.45) is 6.78. The first-order chi connectivity index (χ1) is 23.0. The van der Waals surface area contributed by atoms with Gasteiger partial charge in [-0.2, -0.15) is 5.26 Å². The summed E-state index contributed by atoms with van der Waals surface area (Å²) in [5.41, 5.74) is 7.32. The first kappa shape index (κ1) is 29.3. The maximum Gasteiger partial charge on any atom is 0.164 e. The van der Waals surface area contributed by atoms with E-state index in [-0.39, 0.29) is 5.41 Å². The fourth-order valence-corrected chi connectivity index (χ4v) is 8.53. The third-order valence-corrected chi connectivity index (χ3v) is 10.6. The summed E-state index contributed by atoms with van der Waals surface area (Å²) in [5.74, 6) is 4.44. The van der Waals surface area contributed by atoms with Gasteiger partial charge in [0.2, 0.25) is 0 Å². The van der Waals surface area contributed by atoms with Gasteiger partial charge in [-0.1, -0.05) is 123 Å². The van der Waals surface area contributed by atoms with E-state index in [1.165, 1.54) is 37.7 Å². The van der Waals surface area contributed by atoms with Gasteiger partial charge in [-0.05, 0) is 83.4 Å². The highest BCUT2D eigenvalue weighted by Gasteiger charge is 2.41. The molecule has 2 atom stereocenters. The summed E-state index contributed by atoms with van der Waals surface area (Å²) in [4.78, 5) is 15.2. The average molecular weight is 611 g/mol. The number of rotatable bonds is 5. The van der Waals surface area contributed by atoms with Crippen LogP contribution in [0.4, 0.5) is 0 Å². The molecule has 6 aromatic rings. The van der Waals surface area contributed by atoms with Crippen molar-refractivity contribution in [2.75, 3.05) is 0 Å². The molecule has 47 heavy (non-hydrogen) atoms. The second-order valence-corrected chi connectivity index (χ2v) is 14.1. The summed E-state index contributed by atoms with van der Waals surface area (Å²) >= 11 is 0. The van der Waals surface area contributed by atoms with Crippen LogP contribution >= 0.6 is 0 Å². The molecule has 0 aliphatic heterocycles. The topological polar surface area (TPSA) is 62.5 Å². The van der Waals surface area contributed by atoms with Crippen molar-refractivity contribution in [2.24, 2.45) is 17.8 Å². The zero-order valence-corrected chi connectivity index (χ0v) is 27.0. The van der Waals surface area contributed by atoms with Crippen LogP contribution in [0.2, 0.25) is 0 Å². The molecule has 0 radical (unpaired) electrons. The molecule has 0 spiro atoms. The van der Waals surface area contributed by atoms with Crippen molar-refractivity contribution in [1.82, 2.24) is 15.0 Å². The molecule has 1 aromatic heterocycles. The molecule has 2 bridgehead atoms. The Bertz CT molecular complexity index is 2120. The number of fused-ring (bicyclic) bond motifs is 5. The van der Waals surface area contributed by atoms with Gasteiger partial charge in [-0.25, -0.2) is 15.0 Å². The number of nitriles is 1. The normalized spacial score (nSPS) is 22.1. The molecule has 1 unspecified atom stereocenters. The lowest BCUT2D eigenvalue weighted by Gasteiger charge is -2.47. The lowest BCUT2D eigenvalue weighted by Crippen LogP contribution is -2.38. The van der Waals surface area contributed by atoms with Crippen molar-refractivity contribution in [1.29, 1.82) is 5.26 Å². The third kappa shape index (κ3) is 5.51. The van der Waals surface area contributed by atoms with Crippen molar-refractivity contribution < 1.29 is 0 Å². The number of hydrogen-bond acceptors (Lipinski definition) is 4. The fourth-order valence-electron chi connectivity index (χ4n) is 8.53. The van der Waals surface area contributed by atoms with Gasteiger partial charge in [-0.3, -0.25) is 0 Å². The molecule has 3 aliphatic rings. The summed E-state index contributed by atoms with van der Waals surface area (Å²) in [6, 6.07) is 41.9. The van der Waals surface area contributed by atoms with Crippen molar-refractivity contribution in [2.45, 2.75) is 51.4 Å². The predicted molar refractivity (Wildman–Crippen MR) is 190 cm³/mol. The second kappa shape index (κ2) is 11.9. The monoisotopic (exact) mass is 610 g/mol. The Kier molecular flexibility index (Phi) is 7.41. The summed E-state index contributed by atoms with van der Waals surface area (Å²) in [6.45, 7) is 4.95. The van der Waals surface area contributed by atoms with Crippen molar-refractivity contribution in [3.05, 3.63) is 126 Å². The van der Waals surface area contributed by atoms with Crippen molar-refractivity contribution in [3.63, 3.8) is 0 Å². The maximum absolute atomic E-state index is 9.78. The van der Waals surface area contributed by atoms with E-state index in [0.717, 1.165) is 56.3 Å². The lowest BCUT2D eigenvalue weighted by atomic mass is 9.58. The van der Waals surface area contributed by atoms with E-state index in [9.17, 15) is 5.26 Å². The zero-order chi connectivity index (χ0) is 32.0. The van der Waals surface area contributed by atoms with E-state index >= 15 is 0 Å². The minimum absolute atomic E-state index is 0.213. The predicted octanol–water partition coefficient (Wildman–Crippen LogP) is 10.7. The Morgan fingerprint density at radius 2 is 1.21 bits per heavy atom. The summed E-state index contributed by atoms with van der Waals surface area (Å²) in [7, 11) is 0. The molecule has 4 heteroatoms. The van der Waals surface area contributed by atoms with Crippen LogP contribution in [0.1, 0.15) is 57.1 Å². The molecule has 5 aromatic carbocycles. The number of nitrogens with zero attached hydrogens (tertiary/aromatic N) is 4. The molecule has 0 saturated heterocycles. The maximum atomic E-state index is 9.78. The molecule has 3 saturated carbocycles. The summed E-state index contributed by atoms with van der Waals surface area (Å²) < 4.78 is 0. The van der Waals surface area contributed by atoms with Crippen LogP contribution in [0, 0.1) is 29.1 Å². The number of benzene rings is 5.